The van der Waals surface area contributed by atoms with Crippen LogP contribution in [0.2, 0.25) is 0 Å². The zero-order valence-corrected chi connectivity index (χ0v) is 12.1. The van der Waals surface area contributed by atoms with Crippen molar-refractivity contribution in [3.05, 3.63) is 10.4 Å². The van der Waals surface area contributed by atoms with Gasteiger partial charge < -0.3 is 9.79 Å². The molecule has 0 aromatic carbocycles. The number of halogens is 2. The molecule has 0 spiro atoms. The van der Waals surface area contributed by atoms with Crippen molar-refractivity contribution in [1.82, 2.24) is 5.32 Å². The van der Waals surface area contributed by atoms with E-state index in [0.29, 0.717) is 4.36 Å². The number of rotatable bonds is 6. The van der Waals surface area contributed by atoms with E-state index in [1.165, 1.54) is 0 Å². The van der Waals surface area contributed by atoms with Crippen molar-refractivity contribution in [1.29, 1.82) is 0 Å². The van der Waals surface area contributed by atoms with E-state index in [1.54, 1.807) is 6.08 Å². The average Bonchev–Trinajstić information content (AvgIpc) is 2.55. The van der Waals surface area contributed by atoms with Crippen molar-refractivity contribution in [3.63, 3.8) is 0 Å². The molecular weight excluding hydrogens is 328 g/mol. The van der Waals surface area contributed by atoms with Gasteiger partial charge in [0.15, 0.2) is 0 Å². The molecule has 7 nitrogen and oxygen atoms in total. The molecule has 1 rings (SSSR count). The number of alkyl halides is 1. The van der Waals surface area contributed by atoms with Gasteiger partial charge in [0.25, 0.3) is 0 Å². The Morgan fingerprint density at radius 2 is 2.33 bits per heavy atom. The molecule has 0 bridgehead atoms. The second-order valence-corrected chi connectivity index (χ2v) is 7.68. The Bertz CT molecular complexity index is 401. The van der Waals surface area contributed by atoms with Crippen molar-refractivity contribution in [2.45, 2.75) is 10.8 Å². The predicted molar refractivity (Wildman–Crippen MR) is 66.8 cm³/mol. The fourth-order valence-corrected chi connectivity index (χ4v) is 2.95. The molecule has 0 aliphatic carbocycles. The third-order valence-corrected chi connectivity index (χ3v) is 3.97. The lowest BCUT2D eigenvalue weighted by molar-refractivity contribution is -0.288. The van der Waals surface area contributed by atoms with E-state index in [9.17, 15) is 9.36 Å². The molecule has 0 radical (unpaired) electrons. The third-order valence-electron chi connectivity index (χ3n) is 1.60. The summed E-state index contributed by atoms with van der Waals surface area (Å²) in [6.07, 6.45) is 1.25. The summed E-state index contributed by atoms with van der Waals surface area (Å²) >= 11 is 12.5. The van der Waals surface area contributed by atoms with Gasteiger partial charge in [-0.05, 0) is 0 Å². The SMILES string of the molecule is O=C(CNCP(=O)(O)O)OOC1(Cl)CC=C(Cl)S1. The number of nitrogens with one attached hydrogen (secondary N) is 1. The standard InChI is InChI=1S/C7H10Cl2NO6PS/c8-5-1-2-7(9,18-5)16-15-6(11)3-10-4-17(12,13)14/h1,10H,2-4H2,(H2,12,13,14). The Morgan fingerprint density at radius 3 is 2.83 bits per heavy atom. The molecule has 3 N–H and O–H groups in total. The molecular formula is C7H10Cl2NO6PS. The topological polar surface area (TPSA) is 105 Å². The molecule has 1 aliphatic heterocycles. The molecule has 0 saturated carbocycles. The molecule has 0 saturated heterocycles. The molecule has 0 amide bonds. The highest BCUT2D eigenvalue weighted by Gasteiger charge is 2.37. The van der Waals surface area contributed by atoms with Gasteiger partial charge in [-0.1, -0.05) is 41.0 Å². The Labute approximate surface area is 117 Å². The summed E-state index contributed by atoms with van der Waals surface area (Å²) in [7, 11) is -4.20. The molecule has 0 aromatic heterocycles. The fourth-order valence-electron chi connectivity index (χ4n) is 0.924. The molecule has 1 atom stereocenters. The van der Waals surface area contributed by atoms with Crippen LogP contribution in [-0.2, 0) is 19.1 Å². The van der Waals surface area contributed by atoms with Crippen molar-refractivity contribution in [3.8, 4) is 0 Å². The summed E-state index contributed by atoms with van der Waals surface area (Å²) < 4.78 is 9.62. The van der Waals surface area contributed by atoms with Crippen LogP contribution in [0.5, 0.6) is 0 Å². The van der Waals surface area contributed by atoms with Crippen molar-refractivity contribution in [2.24, 2.45) is 0 Å². The minimum absolute atomic E-state index is 0.265. The molecule has 104 valence electrons. The quantitative estimate of drug-likeness (QED) is 0.288. The van der Waals surface area contributed by atoms with E-state index in [1.807, 2.05) is 0 Å². The first-order valence-corrected chi connectivity index (χ1v) is 7.95. The molecule has 1 unspecified atom stereocenters. The highest BCUT2D eigenvalue weighted by atomic mass is 35.5. The van der Waals surface area contributed by atoms with Crippen LogP contribution in [0.25, 0.3) is 0 Å². The van der Waals surface area contributed by atoms with Crippen LogP contribution in [-0.4, -0.2) is 33.0 Å². The van der Waals surface area contributed by atoms with Gasteiger partial charge in [0.1, 0.15) is 0 Å². The van der Waals surface area contributed by atoms with Crippen molar-refractivity contribution < 1.29 is 28.9 Å². The Morgan fingerprint density at radius 1 is 1.67 bits per heavy atom. The maximum atomic E-state index is 11.1. The van der Waals surface area contributed by atoms with Gasteiger partial charge in [-0.25, -0.2) is 4.79 Å². The summed E-state index contributed by atoms with van der Waals surface area (Å²) in [5.74, 6) is -0.855. The first-order chi connectivity index (χ1) is 8.20. The fraction of sp³-hybridized carbons (Fsp3) is 0.571. The molecule has 1 heterocycles. The second kappa shape index (κ2) is 6.58. The highest BCUT2D eigenvalue weighted by Crippen LogP contribution is 2.47. The molecule has 1 aliphatic rings. The molecule has 11 heteroatoms. The van der Waals surface area contributed by atoms with Crippen LogP contribution in [0.1, 0.15) is 6.42 Å². The van der Waals surface area contributed by atoms with Crippen molar-refractivity contribution >= 4 is 48.5 Å². The second-order valence-electron chi connectivity index (χ2n) is 3.26. The highest BCUT2D eigenvalue weighted by molar-refractivity contribution is 8.07. The summed E-state index contributed by atoms with van der Waals surface area (Å²) in [4.78, 5) is 37.3. The summed E-state index contributed by atoms with van der Waals surface area (Å²) in [6, 6.07) is 0. The van der Waals surface area contributed by atoms with Gasteiger partial charge in [-0.3, -0.25) is 14.8 Å². The lowest BCUT2D eigenvalue weighted by atomic mass is 10.4. The van der Waals surface area contributed by atoms with E-state index >= 15 is 0 Å². The number of thioether (sulfide) groups is 1. The lowest BCUT2D eigenvalue weighted by Crippen LogP contribution is -2.28. The molecule has 0 fully saturated rings. The zero-order chi connectivity index (χ0) is 13.8. The van der Waals surface area contributed by atoms with E-state index in [4.69, 9.17) is 37.9 Å². The summed E-state index contributed by atoms with van der Waals surface area (Å²) in [6.45, 7) is -0.413. The maximum absolute atomic E-state index is 11.1. The number of carbonyl (C=O) groups is 1. The predicted octanol–water partition coefficient (Wildman–Crippen LogP) is 1.30. The first-order valence-electron chi connectivity index (χ1n) is 4.58. The molecule has 0 aromatic rings. The number of hydrogen-bond acceptors (Lipinski definition) is 6. The van der Waals surface area contributed by atoms with E-state index < -0.39 is 30.8 Å². The largest absolute Gasteiger partial charge is 0.356 e. The van der Waals surface area contributed by atoms with Crippen LogP contribution in [0.3, 0.4) is 0 Å². The van der Waals surface area contributed by atoms with E-state index in [-0.39, 0.29) is 6.42 Å². The van der Waals surface area contributed by atoms with Gasteiger partial charge in [0.2, 0.25) is 4.39 Å². The summed E-state index contributed by atoms with van der Waals surface area (Å²) in [5.41, 5.74) is 0. The van der Waals surface area contributed by atoms with Crippen LogP contribution >= 0.6 is 42.6 Å². The monoisotopic (exact) mass is 337 g/mol. The Kier molecular flexibility index (Phi) is 5.95. The van der Waals surface area contributed by atoms with Crippen LogP contribution in [0, 0.1) is 0 Å². The lowest BCUT2D eigenvalue weighted by Gasteiger charge is -2.18. The Balaban J connectivity index is 2.20. The number of carbonyl (C=O) groups excluding carboxylic acids is 1. The van der Waals surface area contributed by atoms with Gasteiger partial charge in [-0.2, -0.15) is 0 Å². The van der Waals surface area contributed by atoms with E-state index in [0.717, 1.165) is 11.8 Å². The smallest absolute Gasteiger partial charge is 0.324 e. The minimum Gasteiger partial charge on any atom is -0.324 e. The molecule has 18 heavy (non-hydrogen) atoms. The normalized spacial score (nSPS) is 23.9. The Hall–Kier alpha value is 0.210. The average molecular weight is 338 g/mol. The van der Waals surface area contributed by atoms with E-state index in [2.05, 4.69) is 10.2 Å². The van der Waals surface area contributed by atoms with Gasteiger partial charge in [0.05, 0.1) is 17.2 Å². The minimum atomic E-state index is -4.20. The first kappa shape index (κ1) is 16.3. The summed E-state index contributed by atoms with van der Waals surface area (Å²) in [5, 5.41) is 2.22. The van der Waals surface area contributed by atoms with Gasteiger partial charge in [-0.15, -0.1) is 4.89 Å². The zero-order valence-electron chi connectivity index (χ0n) is 8.84. The van der Waals surface area contributed by atoms with Crippen LogP contribution in [0.4, 0.5) is 0 Å². The maximum Gasteiger partial charge on any atom is 0.356 e. The number of hydrogen-bond donors (Lipinski definition) is 3. The van der Waals surface area contributed by atoms with Crippen LogP contribution in [0.15, 0.2) is 10.4 Å². The van der Waals surface area contributed by atoms with Crippen LogP contribution < -0.4 is 5.32 Å². The van der Waals surface area contributed by atoms with Gasteiger partial charge in [0, 0.05) is 6.42 Å². The van der Waals surface area contributed by atoms with Crippen molar-refractivity contribution in [2.75, 3.05) is 12.8 Å². The third kappa shape index (κ3) is 6.40. The van der Waals surface area contributed by atoms with Gasteiger partial charge >= 0.3 is 13.6 Å².